The van der Waals surface area contributed by atoms with E-state index in [0.29, 0.717) is 18.9 Å². The Morgan fingerprint density at radius 1 is 1.56 bits per heavy atom. The van der Waals surface area contributed by atoms with E-state index in [-0.39, 0.29) is 5.69 Å². The molecule has 2 atom stereocenters. The maximum absolute atomic E-state index is 10.7. The highest BCUT2D eigenvalue weighted by Crippen LogP contribution is 2.45. The lowest BCUT2D eigenvalue weighted by atomic mass is 9.73. The van der Waals surface area contributed by atoms with Gasteiger partial charge in [-0.25, -0.2) is 0 Å². The van der Waals surface area contributed by atoms with Gasteiger partial charge in [-0.3, -0.25) is 10.1 Å². The number of benzene rings is 1. The molecular weight excluding hydrogens is 236 g/mol. The quantitative estimate of drug-likeness (QED) is 0.562. The first kappa shape index (κ1) is 11.4. The fraction of sp³-hybridized carbons (Fsp3) is 0.500. The summed E-state index contributed by atoms with van der Waals surface area (Å²) in [6.45, 7) is 1.74. The van der Waals surface area contributed by atoms with E-state index in [1.165, 1.54) is 12.1 Å². The number of nitro benzene ring substituents is 1. The van der Waals surface area contributed by atoms with Crippen LogP contribution in [0.2, 0.25) is 0 Å². The van der Waals surface area contributed by atoms with Crippen LogP contribution in [0, 0.1) is 10.1 Å². The Bertz CT molecular complexity index is 505. The van der Waals surface area contributed by atoms with E-state index in [4.69, 9.17) is 4.74 Å². The normalized spacial score (nSPS) is 29.9. The second kappa shape index (κ2) is 3.93. The van der Waals surface area contributed by atoms with Gasteiger partial charge in [0, 0.05) is 18.2 Å². The molecule has 1 fully saturated rings. The molecule has 0 saturated carbocycles. The Balaban J connectivity index is 2.04. The first-order chi connectivity index (χ1) is 8.63. The van der Waals surface area contributed by atoms with Crippen molar-refractivity contribution in [1.29, 1.82) is 0 Å². The first-order valence-corrected chi connectivity index (χ1v) is 5.94. The average molecular weight is 250 g/mol. The van der Waals surface area contributed by atoms with Gasteiger partial charge in [0.2, 0.25) is 0 Å². The number of rotatable bonds is 1. The summed E-state index contributed by atoms with van der Waals surface area (Å²) in [7, 11) is 0. The Labute approximate surface area is 104 Å². The van der Waals surface area contributed by atoms with Gasteiger partial charge in [-0.15, -0.1) is 0 Å². The van der Waals surface area contributed by atoms with Gasteiger partial charge in [0.15, 0.2) is 0 Å². The Morgan fingerprint density at radius 2 is 2.39 bits per heavy atom. The van der Waals surface area contributed by atoms with Crippen molar-refractivity contribution in [3.05, 3.63) is 33.9 Å². The molecule has 2 aliphatic heterocycles. The monoisotopic (exact) mass is 250 g/mol. The molecule has 2 heterocycles. The standard InChI is InChI=1S/C12H14N2O4/c15-11-6-13-4-3-12(11)7-18-10-5-8(14(16)17)1-2-9(10)12/h1-2,5,11,13,15H,3-4,6-7H2. The largest absolute Gasteiger partial charge is 0.492 e. The number of hydrogen-bond donors (Lipinski definition) is 2. The van der Waals surface area contributed by atoms with Gasteiger partial charge in [0.25, 0.3) is 5.69 Å². The SMILES string of the molecule is O=[N+]([O-])c1ccc2c(c1)OCC21CCNCC1O. The first-order valence-electron chi connectivity index (χ1n) is 5.94. The zero-order chi connectivity index (χ0) is 12.8. The fourth-order valence-electron chi connectivity index (χ4n) is 2.83. The van der Waals surface area contributed by atoms with E-state index in [0.717, 1.165) is 18.5 Å². The molecule has 3 rings (SSSR count). The third-order valence-corrected chi connectivity index (χ3v) is 3.92. The number of piperidine rings is 1. The molecule has 2 N–H and O–H groups in total. The maximum atomic E-state index is 10.7. The number of fused-ring (bicyclic) bond motifs is 2. The summed E-state index contributed by atoms with van der Waals surface area (Å²) in [6, 6.07) is 4.64. The molecule has 2 unspecified atom stereocenters. The molecule has 1 aromatic rings. The molecule has 1 spiro atoms. The number of aliphatic hydroxyl groups is 1. The molecule has 1 saturated heterocycles. The Morgan fingerprint density at radius 3 is 3.11 bits per heavy atom. The second-order valence-corrected chi connectivity index (χ2v) is 4.85. The lowest BCUT2D eigenvalue weighted by Crippen LogP contribution is -2.52. The van der Waals surface area contributed by atoms with Crippen LogP contribution in [0.4, 0.5) is 5.69 Å². The average Bonchev–Trinajstić information content (AvgIpc) is 2.73. The Kier molecular flexibility index (Phi) is 2.49. The van der Waals surface area contributed by atoms with E-state index >= 15 is 0 Å². The number of nitro groups is 1. The molecular formula is C12H14N2O4. The van der Waals surface area contributed by atoms with E-state index in [1.807, 2.05) is 0 Å². The van der Waals surface area contributed by atoms with Crippen molar-refractivity contribution in [3.63, 3.8) is 0 Å². The number of aliphatic hydroxyl groups excluding tert-OH is 1. The second-order valence-electron chi connectivity index (χ2n) is 4.85. The van der Waals surface area contributed by atoms with E-state index in [2.05, 4.69) is 5.32 Å². The van der Waals surface area contributed by atoms with Gasteiger partial charge in [-0.05, 0) is 19.0 Å². The molecule has 2 aliphatic rings. The van der Waals surface area contributed by atoms with Crippen LogP contribution in [0.15, 0.2) is 18.2 Å². The van der Waals surface area contributed by atoms with Crippen molar-refractivity contribution >= 4 is 5.69 Å². The minimum Gasteiger partial charge on any atom is -0.492 e. The molecule has 0 aromatic heterocycles. The van der Waals surface area contributed by atoms with E-state index < -0.39 is 16.4 Å². The van der Waals surface area contributed by atoms with Crippen molar-refractivity contribution in [2.75, 3.05) is 19.7 Å². The van der Waals surface area contributed by atoms with Crippen LogP contribution in [0.25, 0.3) is 0 Å². The van der Waals surface area contributed by atoms with Gasteiger partial charge in [-0.2, -0.15) is 0 Å². The maximum Gasteiger partial charge on any atom is 0.273 e. The number of nitrogens with one attached hydrogen (secondary N) is 1. The predicted molar refractivity (Wildman–Crippen MR) is 63.8 cm³/mol. The highest BCUT2D eigenvalue weighted by Gasteiger charge is 2.48. The number of non-ortho nitro benzene ring substituents is 1. The predicted octanol–water partition coefficient (Wildman–Crippen LogP) is 0.579. The van der Waals surface area contributed by atoms with Crippen LogP contribution in [0.1, 0.15) is 12.0 Å². The summed E-state index contributed by atoms with van der Waals surface area (Å²) in [5.41, 5.74) is 0.506. The van der Waals surface area contributed by atoms with Crippen LogP contribution in [0.5, 0.6) is 5.75 Å². The molecule has 0 radical (unpaired) electrons. The van der Waals surface area contributed by atoms with Crippen molar-refractivity contribution in [2.45, 2.75) is 17.9 Å². The molecule has 0 bridgehead atoms. The molecule has 0 amide bonds. The van der Waals surface area contributed by atoms with Gasteiger partial charge in [0.05, 0.1) is 22.5 Å². The molecule has 0 aliphatic carbocycles. The van der Waals surface area contributed by atoms with Crippen LogP contribution in [-0.2, 0) is 5.41 Å². The van der Waals surface area contributed by atoms with Crippen molar-refractivity contribution < 1.29 is 14.8 Å². The highest BCUT2D eigenvalue weighted by molar-refractivity contribution is 5.51. The zero-order valence-corrected chi connectivity index (χ0v) is 9.76. The summed E-state index contributed by atoms with van der Waals surface area (Å²) in [4.78, 5) is 10.3. The van der Waals surface area contributed by atoms with Gasteiger partial charge >= 0.3 is 0 Å². The topological polar surface area (TPSA) is 84.6 Å². The number of nitrogens with zero attached hydrogens (tertiary/aromatic N) is 1. The van der Waals surface area contributed by atoms with Gasteiger partial charge in [0.1, 0.15) is 12.4 Å². The van der Waals surface area contributed by atoms with Crippen molar-refractivity contribution in [3.8, 4) is 5.75 Å². The van der Waals surface area contributed by atoms with Gasteiger partial charge < -0.3 is 15.2 Å². The van der Waals surface area contributed by atoms with Crippen LogP contribution in [0.3, 0.4) is 0 Å². The lowest BCUT2D eigenvalue weighted by Gasteiger charge is -2.37. The number of β-amino-alcohol motifs (C(OH)–C–C–N with tert-alkyl or cyclic N) is 1. The highest BCUT2D eigenvalue weighted by atomic mass is 16.6. The van der Waals surface area contributed by atoms with Gasteiger partial charge in [-0.1, -0.05) is 0 Å². The summed E-state index contributed by atoms with van der Waals surface area (Å²) >= 11 is 0. The molecule has 96 valence electrons. The fourth-order valence-corrected chi connectivity index (χ4v) is 2.83. The molecule has 1 aromatic carbocycles. The van der Waals surface area contributed by atoms with Crippen LogP contribution >= 0.6 is 0 Å². The number of ether oxygens (including phenoxy) is 1. The molecule has 18 heavy (non-hydrogen) atoms. The van der Waals surface area contributed by atoms with E-state index in [9.17, 15) is 15.2 Å². The lowest BCUT2D eigenvalue weighted by molar-refractivity contribution is -0.384. The summed E-state index contributed by atoms with van der Waals surface area (Å²) in [5.74, 6) is 0.533. The molecule has 6 nitrogen and oxygen atoms in total. The number of hydrogen-bond acceptors (Lipinski definition) is 5. The minimum absolute atomic E-state index is 0.0224. The van der Waals surface area contributed by atoms with E-state index in [1.54, 1.807) is 6.07 Å². The molecule has 6 heteroatoms. The smallest absolute Gasteiger partial charge is 0.273 e. The van der Waals surface area contributed by atoms with Crippen LogP contribution in [-0.4, -0.2) is 35.8 Å². The zero-order valence-electron chi connectivity index (χ0n) is 9.76. The third kappa shape index (κ3) is 1.49. The Hall–Kier alpha value is -1.66. The summed E-state index contributed by atoms with van der Waals surface area (Å²) in [5, 5.41) is 24.1. The van der Waals surface area contributed by atoms with Crippen LogP contribution < -0.4 is 10.1 Å². The summed E-state index contributed by atoms with van der Waals surface area (Å²) < 4.78 is 5.56. The van der Waals surface area contributed by atoms with Crippen molar-refractivity contribution in [1.82, 2.24) is 5.32 Å². The van der Waals surface area contributed by atoms with Crippen molar-refractivity contribution in [2.24, 2.45) is 0 Å². The summed E-state index contributed by atoms with van der Waals surface area (Å²) in [6.07, 6.45) is 0.257. The minimum atomic E-state index is -0.519. The third-order valence-electron chi connectivity index (χ3n) is 3.92.